The maximum absolute atomic E-state index is 12.6. The summed E-state index contributed by atoms with van der Waals surface area (Å²) in [6, 6.07) is 0.976. The van der Waals surface area contributed by atoms with Gasteiger partial charge in [-0.2, -0.15) is 18.3 Å². The first-order valence-corrected chi connectivity index (χ1v) is 6.84. The molecule has 2 rings (SSSR count). The van der Waals surface area contributed by atoms with E-state index in [2.05, 4.69) is 21.3 Å². The van der Waals surface area contributed by atoms with Crippen molar-refractivity contribution in [3.05, 3.63) is 24.2 Å². The zero-order valence-electron chi connectivity index (χ0n) is 10.3. The van der Waals surface area contributed by atoms with Gasteiger partial charge in [0.1, 0.15) is 5.52 Å². The summed E-state index contributed by atoms with van der Waals surface area (Å²) in [6.07, 6.45) is 3.43. The molecule has 4 nitrogen and oxygen atoms in total. The summed E-state index contributed by atoms with van der Waals surface area (Å²) in [4.78, 5) is 4.03. The molecule has 0 spiro atoms. The van der Waals surface area contributed by atoms with Gasteiger partial charge in [-0.1, -0.05) is 5.92 Å². The second-order valence-electron chi connectivity index (χ2n) is 3.82. The molecule has 1 N–H and O–H groups in total. The van der Waals surface area contributed by atoms with Crippen LogP contribution in [0.2, 0.25) is 0 Å². The van der Waals surface area contributed by atoms with Crippen molar-refractivity contribution in [2.45, 2.75) is 6.18 Å². The Morgan fingerprint density at radius 2 is 2.25 bits per heavy atom. The molecule has 2 aromatic rings. The number of alkyl halides is 3. The molecule has 0 aromatic carbocycles. The fraction of sp³-hybridized carbons (Fsp3) is 0.333. The highest BCUT2D eigenvalue weighted by Gasteiger charge is 2.34. The molecule has 106 valence electrons. The summed E-state index contributed by atoms with van der Waals surface area (Å²) in [7, 11) is 0. The maximum Gasteiger partial charge on any atom is 0.435 e. The Morgan fingerprint density at radius 3 is 2.95 bits per heavy atom. The summed E-state index contributed by atoms with van der Waals surface area (Å²) >= 11 is 1.56. The van der Waals surface area contributed by atoms with Crippen molar-refractivity contribution < 1.29 is 13.2 Å². The number of hydrogen-bond acceptors (Lipinski definition) is 4. The summed E-state index contributed by atoms with van der Waals surface area (Å²) < 4.78 is 39.0. The number of nitrogens with one attached hydrogen (secondary N) is 1. The van der Waals surface area contributed by atoms with Crippen LogP contribution in [0.15, 0.2) is 18.5 Å². The number of halogens is 3. The Balaban J connectivity index is 2.13. The van der Waals surface area contributed by atoms with Crippen molar-refractivity contribution in [1.29, 1.82) is 0 Å². The fourth-order valence-corrected chi connectivity index (χ4v) is 2.08. The second-order valence-corrected chi connectivity index (χ2v) is 4.92. The summed E-state index contributed by atoms with van der Waals surface area (Å²) in [6.45, 7) is 0.561. The van der Waals surface area contributed by atoms with Crippen molar-refractivity contribution in [1.82, 2.24) is 14.6 Å². The van der Waals surface area contributed by atoms with Gasteiger partial charge < -0.3 is 5.32 Å². The van der Waals surface area contributed by atoms with Crippen molar-refractivity contribution in [3.63, 3.8) is 0 Å². The lowest BCUT2D eigenvalue weighted by Gasteiger charge is -2.05. The largest absolute Gasteiger partial charge is 0.435 e. The van der Waals surface area contributed by atoms with Crippen LogP contribution in [0.1, 0.15) is 5.69 Å². The lowest BCUT2D eigenvalue weighted by molar-refractivity contribution is -0.141. The Bertz CT molecular complexity index is 630. The van der Waals surface area contributed by atoms with Gasteiger partial charge in [-0.3, -0.25) is 0 Å². The number of aromatic nitrogens is 3. The minimum absolute atomic E-state index is 0.293. The molecule has 0 atom stereocenters. The van der Waals surface area contributed by atoms with Gasteiger partial charge in [-0.15, -0.1) is 18.2 Å². The third kappa shape index (κ3) is 3.36. The lowest BCUT2D eigenvalue weighted by atomic mass is 10.3. The number of thioether (sulfide) groups is 1. The molecule has 0 amide bonds. The molecule has 0 aliphatic heterocycles. The molecule has 0 radical (unpaired) electrons. The van der Waals surface area contributed by atoms with Gasteiger partial charge in [0, 0.05) is 30.8 Å². The first kappa shape index (κ1) is 14.5. The van der Waals surface area contributed by atoms with Crippen molar-refractivity contribution in [3.8, 4) is 12.3 Å². The molecule has 20 heavy (non-hydrogen) atoms. The third-order valence-corrected chi connectivity index (χ3v) is 3.27. The van der Waals surface area contributed by atoms with Crippen LogP contribution in [0.4, 0.5) is 19.0 Å². The monoisotopic (exact) mass is 300 g/mol. The van der Waals surface area contributed by atoms with Gasteiger partial charge >= 0.3 is 6.18 Å². The number of terminal acetylenes is 1. The highest BCUT2D eigenvalue weighted by Crippen LogP contribution is 2.29. The molecule has 8 heteroatoms. The Labute approximate surface area is 117 Å². The molecular weight excluding hydrogens is 289 g/mol. The van der Waals surface area contributed by atoms with E-state index in [4.69, 9.17) is 6.42 Å². The molecule has 0 bridgehead atoms. The van der Waals surface area contributed by atoms with Crippen LogP contribution >= 0.6 is 11.8 Å². The van der Waals surface area contributed by atoms with E-state index in [9.17, 15) is 13.2 Å². The first-order valence-electron chi connectivity index (χ1n) is 5.69. The number of rotatable bonds is 5. The van der Waals surface area contributed by atoms with Gasteiger partial charge in [0.2, 0.25) is 0 Å². The number of fused-ring (bicyclic) bond motifs is 1. The predicted molar refractivity (Wildman–Crippen MR) is 72.6 cm³/mol. The van der Waals surface area contributed by atoms with Crippen molar-refractivity contribution in [2.24, 2.45) is 0 Å². The van der Waals surface area contributed by atoms with E-state index in [-0.39, 0.29) is 0 Å². The van der Waals surface area contributed by atoms with Crippen LogP contribution < -0.4 is 5.32 Å². The van der Waals surface area contributed by atoms with Crippen LogP contribution in [0.25, 0.3) is 5.52 Å². The Hall–Kier alpha value is -1.88. The van der Waals surface area contributed by atoms with Gasteiger partial charge in [0.05, 0.1) is 5.75 Å². The molecule has 2 heterocycles. The fourth-order valence-electron chi connectivity index (χ4n) is 1.57. The lowest BCUT2D eigenvalue weighted by Crippen LogP contribution is -2.07. The third-order valence-electron chi connectivity index (χ3n) is 2.40. The molecule has 0 saturated heterocycles. The average Bonchev–Trinajstić information content (AvgIpc) is 2.83. The summed E-state index contributed by atoms with van der Waals surface area (Å²) in [5, 5.41) is 6.46. The molecule has 0 aliphatic carbocycles. The van der Waals surface area contributed by atoms with Gasteiger partial charge in [0.25, 0.3) is 0 Å². The SMILES string of the molecule is C#CCSCCNc1nccn2nc(C(F)(F)F)cc12. The standard InChI is InChI=1S/C12H11F3N4S/c1-2-6-20-7-4-17-11-9-8-10(12(13,14)15)18-19(9)5-3-16-11/h1,3,5,8H,4,6-7H2,(H,16,17). The van der Waals surface area contributed by atoms with Gasteiger partial charge in [-0.05, 0) is 0 Å². The van der Waals surface area contributed by atoms with Crippen LogP contribution in [0.5, 0.6) is 0 Å². The molecule has 0 aliphatic rings. The molecule has 0 fully saturated rings. The highest BCUT2D eigenvalue weighted by molar-refractivity contribution is 7.99. The topological polar surface area (TPSA) is 42.2 Å². The van der Waals surface area contributed by atoms with E-state index in [0.717, 1.165) is 16.3 Å². The summed E-state index contributed by atoms with van der Waals surface area (Å²) in [5.74, 6) is 4.21. The van der Waals surface area contributed by atoms with Crippen molar-refractivity contribution >= 4 is 23.1 Å². The van der Waals surface area contributed by atoms with Crippen LogP contribution in [-0.2, 0) is 6.18 Å². The second kappa shape index (κ2) is 6.05. The van der Waals surface area contributed by atoms with Crippen LogP contribution in [0, 0.1) is 12.3 Å². The van der Waals surface area contributed by atoms with E-state index >= 15 is 0 Å². The summed E-state index contributed by atoms with van der Waals surface area (Å²) in [5.41, 5.74) is -0.642. The normalized spacial score (nSPS) is 11.5. The molecule has 0 unspecified atom stereocenters. The molecular formula is C12H11F3N4S. The maximum atomic E-state index is 12.6. The number of anilines is 1. The zero-order valence-corrected chi connectivity index (χ0v) is 11.1. The van der Waals surface area contributed by atoms with E-state index in [1.807, 2.05) is 0 Å². The quantitative estimate of drug-likeness (QED) is 0.680. The molecule has 0 saturated carbocycles. The minimum atomic E-state index is -4.47. The van der Waals surface area contributed by atoms with Gasteiger partial charge in [-0.25, -0.2) is 9.50 Å². The Kier molecular flexibility index (Phi) is 4.39. The number of nitrogens with zero attached hydrogens (tertiary/aromatic N) is 3. The smallest absolute Gasteiger partial charge is 0.367 e. The van der Waals surface area contributed by atoms with E-state index < -0.39 is 11.9 Å². The van der Waals surface area contributed by atoms with E-state index in [1.54, 1.807) is 11.8 Å². The average molecular weight is 300 g/mol. The van der Waals surface area contributed by atoms with E-state index in [1.165, 1.54) is 12.4 Å². The van der Waals surface area contributed by atoms with Crippen LogP contribution in [-0.4, -0.2) is 32.6 Å². The predicted octanol–water partition coefficient (Wildman–Crippen LogP) is 2.53. The van der Waals surface area contributed by atoms with Crippen molar-refractivity contribution in [2.75, 3.05) is 23.4 Å². The number of hydrogen-bond donors (Lipinski definition) is 1. The zero-order chi connectivity index (χ0) is 14.6. The highest BCUT2D eigenvalue weighted by atomic mass is 32.2. The minimum Gasteiger partial charge on any atom is -0.367 e. The van der Waals surface area contributed by atoms with E-state index in [0.29, 0.717) is 23.6 Å². The van der Waals surface area contributed by atoms with Crippen LogP contribution in [0.3, 0.4) is 0 Å². The van der Waals surface area contributed by atoms with Gasteiger partial charge in [0.15, 0.2) is 11.5 Å². The molecule has 2 aromatic heterocycles. The first-order chi connectivity index (χ1) is 9.52. The Morgan fingerprint density at radius 1 is 1.45 bits per heavy atom.